The van der Waals surface area contributed by atoms with Gasteiger partial charge in [-0.1, -0.05) is 6.42 Å². The predicted molar refractivity (Wildman–Crippen MR) is 124 cm³/mol. The van der Waals surface area contributed by atoms with Crippen molar-refractivity contribution >= 4 is 17.7 Å². The third-order valence-corrected chi connectivity index (χ3v) is 5.56. The molecule has 32 heavy (non-hydrogen) atoms. The third-order valence-electron chi connectivity index (χ3n) is 5.56. The zero-order chi connectivity index (χ0) is 22.2. The minimum absolute atomic E-state index is 0.0160. The highest BCUT2D eigenvalue weighted by molar-refractivity contribution is 6.11. The molecule has 0 aliphatic carbocycles. The molecule has 2 aliphatic heterocycles. The van der Waals surface area contributed by atoms with Crippen molar-refractivity contribution in [1.29, 1.82) is 0 Å². The van der Waals surface area contributed by atoms with Crippen LogP contribution in [0.5, 0.6) is 0 Å². The summed E-state index contributed by atoms with van der Waals surface area (Å²) in [6.45, 7) is 2.69. The van der Waals surface area contributed by atoms with Gasteiger partial charge in [-0.25, -0.2) is 4.99 Å². The van der Waals surface area contributed by atoms with Crippen molar-refractivity contribution in [1.82, 2.24) is 20.6 Å². The van der Waals surface area contributed by atoms with Gasteiger partial charge in [0.25, 0.3) is 0 Å². The number of amides is 1. The Morgan fingerprint density at radius 1 is 1.31 bits per heavy atom. The summed E-state index contributed by atoms with van der Waals surface area (Å²) in [4.78, 5) is 23.3. The van der Waals surface area contributed by atoms with Crippen molar-refractivity contribution < 1.29 is 14.3 Å². The Labute approximate surface area is 188 Å². The zero-order valence-corrected chi connectivity index (χ0v) is 18.4. The van der Waals surface area contributed by atoms with E-state index in [1.54, 1.807) is 7.11 Å². The first-order chi connectivity index (χ1) is 15.7. The number of ether oxygens (including phenoxy) is 2. The minimum atomic E-state index is -0.355. The summed E-state index contributed by atoms with van der Waals surface area (Å²) in [5, 5.41) is 6.14. The summed E-state index contributed by atoms with van der Waals surface area (Å²) >= 11 is 0. The molecule has 1 unspecified atom stereocenters. The minimum Gasteiger partial charge on any atom is -0.494 e. The molecule has 0 saturated carbocycles. The van der Waals surface area contributed by atoms with E-state index in [0.29, 0.717) is 19.7 Å². The lowest BCUT2D eigenvalue weighted by Crippen LogP contribution is -2.48. The monoisotopic (exact) mass is 437 g/mol. The van der Waals surface area contributed by atoms with Crippen LogP contribution in [-0.4, -0.2) is 61.0 Å². The van der Waals surface area contributed by atoms with Crippen molar-refractivity contribution in [3.05, 3.63) is 65.1 Å². The predicted octanol–water partition coefficient (Wildman–Crippen LogP) is 2.53. The number of carbonyl (C=O) groups is 1. The molecule has 2 aromatic heterocycles. The van der Waals surface area contributed by atoms with Gasteiger partial charge in [0, 0.05) is 43.3 Å². The molecule has 8 nitrogen and oxygen atoms in total. The number of aliphatic imine (C=N–C) groups is 1. The number of aryl methyl sites for hydroxylation is 1. The standard InChI is InChI=1S/C24H31N5O3/c1-31-22-15-20(19-7-5-11-26-19)29-21(22)14-18-9-8-17(28-18)6-3-2-4-10-27-24(30)23-16-25-12-13-32-23/h5,7-9,11,14-15,23,25-26,28H,2-4,6,10,12-13,16H2,1H3,(H,27,30). The topological polar surface area (TPSA) is 104 Å². The van der Waals surface area contributed by atoms with Gasteiger partial charge in [0.15, 0.2) is 0 Å². The van der Waals surface area contributed by atoms with Crippen molar-refractivity contribution in [2.24, 2.45) is 4.99 Å². The molecule has 1 saturated heterocycles. The van der Waals surface area contributed by atoms with E-state index in [1.165, 1.54) is 5.69 Å². The molecule has 0 radical (unpaired) electrons. The normalized spacial score (nSPS) is 19.7. The van der Waals surface area contributed by atoms with Gasteiger partial charge in [0.1, 0.15) is 17.6 Å². The number of hydrogen-bond donors (Lipinski definition) is 4. The van der Waals surface area contributed by atoms with Gasteiger partial charge >= 0.3 is 0 Å². The molecule has 1 amide bonds. The van der Waals surface area contributed by atoms with Gasteiger partial charge in [0.05, 0.1) is 25.1 Å². The summed E-state index contributed by atoms with van der Waals surface area (Å²) in [7, 11) is 1.66. The highest BCUT2D eigenvalue weighted by Gasteiger charge is 2.21. The Kier molecular flexibility index (Phi) is 7.58. The third kappa shape index (κ3) is 5.77. The Morgan fingerprint density at radius 3 is 3.03 bits per heavy atom. The summed E-state index contributed by atoms with van der Waals surface area (Å²) in [6, 6.07) is 8.12. The molecule has 1 fully saturated rings. The first-order valence-corrected chi connectivity index (χ1v) is 11.2. The lowest BCUT2D eigenvalue weighted by Gasteiger charge is -2.22. The molecule has 4 rings (SSSR count). The molecular formula is C24H31N5O3. The molecule has 4 N–H and O–H groups in total. The number of H-pyrrole nitrogens is 2. The number of hydrogen-bond acceptors (Lipinski definition) is 5. The maximum absolute atomic E-state index is 12.0. The number of aromatic nitrogens is 2. The number of carbonyl (C=O) groups excluding carboxylic acids is 1. The molecule has 2 aliphatic rings. The second kappa shape index (κ2) is 11.0. The Hall–Kier alpha value is -3.10. The van der Waals surface area contributed by atoms with Crippen LogP contribution in [0.1, 0.15) is 36.3 Å². The van der Waals surface area contributed by atoms with Crippen LogP contribution in [0.25, 0.3) is 6.08 Å². The summed E-state index contributed by atoms with van der Waals surface area (Å²) in [5.41, 5.74) is 4.83. The van der Waals surface area contributed by atoms with Crippen LogP contribution in [0.2, 0.25) is 0 Å². The number of aromatic amines is 2. The highest BCUT2D eigenvalue weighted by Crippen LogP contribution is 2.24. The maximum atomic E-state index is 12.0. The molecular weight excluding hydrogens is 406 g/mol. The van der Waals surface area contributed by atoms with Crippen LogP contribution in [-0.2, 0) is 20.7 Å². The van der Waals surface area contributed by atoms with Crippen LogP contribution in [0.3, 0.4) is 0 Å². The van der Waals surface area contributed by atoms with E-state index in [4.69, 9.17) is 14.5 Å². The van der Waals surface area contributed by atoms with Crippen LogP contribution >= 0.6 is 0 Å². The number of unbranched alkanes of at least 4 members (excludes halogenated alkanes) is 2. The molecule has 2 aromatic rings. The fourth-order valence-electron chi connectivity index (χ4n) is 3.82. The average molecular weight is 438 g/mol. The van der Waals surface area contributed by atoms with Gasteiger partial charge in [-0.3, -0.25) is 4.79 Å². The molecule has 1 atom stereocenters. The number of allylic oxidation sites excluding steroid dienone is 1. The lowest BCUT2D eigenvalue weighted by molar-refractivity contribution is -0.134. The van der Waals surface area contributed by atoms with E-state index in [0.717, 1.165) is 60.8 Å². The van der Waals surface area contributed by atoms with Crippen molar-refractivity contribution in [2.75, 3.05) is 33.4 Å². The van der Waals surface area contributed by atoms with Gasteiger partial charge in [-0.15, -0.1) is 0 Å². The molecule has 170 valence electrons. The van der Waals surface area contributed by atoms with Gasteiger partial charge < -0.3 is 30.1 Å². The summed E-state index contributed by atoms with van der Waals surface area (Å²) in [6.07, 6.45) is 9.52. The second-order valence-corrected chi connectivity index (χ2v) is 7.93. The van der Waals surface area contributed by atoms with E-state index in [9.17, 15) is 4.79 Å². The molecule has 0 aromatic carbocycles. The van der Waals surface area contributed by atoms with Gasteiger partial charge in [-0.2, -0.15) is 0 Å². The number of methoxy groups -OCH3 is 1. The van der Waals surface area contributed by atoms with E-state index in [1.807, 2.05) is 30.5 Å². The number of nitrogens with one attached hydrogen (secondary N) is 4. The quantitative estimate of drug-likeness (QED) is 0.429. The van der Waals surface area contributed by atoms with E-state index in [2.05, 4.69) is 32.7 Å². The number of morpholine rings is 1. The zero-order valence-electron chi connectivity index (χ0n) is 18.4. The highest BCUT2D eigenvalue weighted by atomic mass is 16.5. The van der Waals surface area contributed by atoms with Crippen LogP contribution < -0.4 is 10.6 Å². The van der Waals surface area contributed by atoms with Crippen molar-refractivity contribution in [2.45, 2.75) is 31.8 Å². The Bertz CT molecular complexity index is 981. The Morgan fingerprint density at radius 2 is 2.25 bits per heavy atom. The summed E-state index contributed by atoms with van der Waals surface area (Å²) < 4.78 is 11.0. The second-order valence-electron chi connectivity index (χ2n) is 7.93. The molecule has 0 bridgehead atoms. The van der Waals surface area contributed by atoms with Crippen LogP contribution in [0.15, 0.2) is 53.0 Å². The van der Waals surface area contributed by atoms with Crippen LogP contribution in [0.4, 0.5) is 0 Å². The first-order valence-electron chi connectivity index (χ1n) is 11.2. The number of rotatable bonds is 10. The van der Waals surface area contributed by atoms with Crippen molar-refractivity contribution in [3.8, 4) is 0 Å². The van der Waals surface area contributed by atoms with Crippen molar-refractivity contribution in [3.63, 3.8) is 0 Å². The molecule has 0 spiro atoms. The van der Waals surface area contributed by atoms with E-state index >= 15 is 0 Å². The summed E-state index contributed by atoms with van der Waals surface area (Å²) in [5.74, 6) is 0.736. The smallest absolute Gasteiger partial charge is 0.250 e. The lowest BCUT2D eigenvalue weighted by atomic mass is 10.1. The fourth-order valence-corrected chi connectivity index (χ4v) is 3.82. The van der Waals surface area contributed by atoms with Crippen LogP contribution in [0, 0.1) is 0 Å². The first kappa shape index (κ1) is 22.1. The SMILES string of the molecule is COC1=CC(c2ccc[nH]2)=NC1=Cc1ccc(CCCCCNC(=O)C2CNCCO2)[nH]1. The molecule has 4 heterocycles. The molecule has 8 heteroatoms. The van der Waals surface area contributed by atoms with E-state index < -0.39 is 0 Å². The maximum Gasteiger partial charge on any atom is 0.250 e. The van der Waals surface area contributed by atoms with Gasteiger partial charge in [-0.05, 0) is 49.6 Å². The fraction of sp³-hybridized carbons (Fsp3) is 0.417. The van der Waals surface area contributed by atoms with Gasteiger partial charge in [0.2, 0.25) is 5.91 Å². The average Bonchev–Trinajstić information content (AvgIpc) is 3.58. The largest absolute Gasteiger partial charge is 0.494 e. The van der Waals surface area contributed by atoms with E-state index in [-0.39, 0.29) is 12.0 Å². The number of nitrogens with zero attached hydrogens (tertiary/aromatic N) is 1. The Balaban J connectivity index is 1.20.